The summed E-state index contributed by atoms with van der Waals surface area (Å²) in [5, 5.41) is 3.46. The van der Waals surface area contributed by atoms with Gasteiger partial charge in [-0.25, -0.2) is 4.98 Å². The van der Waals surface area contributed by atoms with Crippen LogP contribution < -0.4 is 5.32 Å². The molecule has 2 aliphatic heterocycles. The topological polar surface area (TPSA) is 33.1 Å². The van der Waals surface area contributed by atoms with Crippen LogP contribution in [0.2, 0.25) is 0 Å². The van der Waals surface area contributed by atoms with E-state index < -0.39 is 0 Å². The average Bonchev–Trinajstić information content (AvgIpc) is 2.78. The van der Waals surface area contributed by atoms with E-state index in [1.54, 1.807) is 0 Å². The molecule has 3 heterocycles. The third-order valence-electron chi connectivity index (χ3n) is 4.87. The molecule has 2 atom stereocenters. The number of nitrogens with zero attached hydrogens (tertiary/aromatic N) is 3. The highest BCUT2D eigenvalue weighted by atomic mass is 15.2. The Morgan fingerprint density at radius 3 is 3.00 bits per heavy atom. The van der Waals surface area contributed by atoms with Gasteiger partial charge in [-0.1, -0.05) is 13.8 Å². The van der Waals surface area contributed by atoms with Crippen LogP contribution in [0.25, 0.3) is 0 Å². The van der Waals surface area contributed by atoms with E-state index in [4.69, 9.17) is 4.98 Å². The summed E-state index contributed by atoms with van der Waals surface area (Å²) in [6.45, 7) is 9.15. The fourth-order valence-corrected chi connectivity index (χ4v) is 3.91. The van der Waals surface area contributed by atoms with Crippen LogP contribution in [0.1, 0.15) is 49.9 Å². The molecule has 1 aromatic heterocycles. The van der Waals surface area contributed by atoms with Gasteiger partial charge in [0.25, 0.3) is 0 Å². The summed E-state index contributed by atoms with van der Waals surface area (Å²) in [6.07, 6.45) is 4.71. The fourth-order valence-electron chi connectivity index (χ4n) is 3.91. The number of hydrogen-bond donors (Lipinski definition) is 1. The highest BCUT2D eigenvalue weighted by Gasteiger charge is 2.30. The van der Waals surface area contributed by atoms with E-state index in [2.05, 4.69) is 35.7 Å². The van der Waals surface area contributed by atoms with E-state index in [0.717, 1.165) is 31.8 Å². The van der Waals surface area contributed by atoms with Crippen LogP contribution in [0.4, 0.5) is 0 Å². The van der Waals surface area contributed by atoms with Gasteiger partial charge in [-0.05, 0) is 32.4 Å². The van der Waals surface area contributed by atoms with Crippen molar-refractivity contribution in [2.24, 2.45) is 5.92 Å². The summed E-state index contributed by atoms with van der Waals surface area (Å²) in [6, 6.07) is 0.655. The molecule has 0 spiro atoms. The Balaban J connectivity index is 1.96. The maximum atomic E-state index is 4.96. The zero-order valence-electron chi connectivity index (χ0n) is 13.2. The molecule has 2 aliphatic rings. The van der Waals surface area contributed by atoms with Crippen molar-refractivity contribution in [2.75, 3.05) is 26.7 Å². The summed E-state index contributed by atoms with van der Waals surface area (Å²) in [7, 11) is 2.24. The number of piperidine rings is 1. The van der Waals surface area contributed by atoms with Gasteiger partial charge in [0.1, 0.15) is 5.82 Å². The normalized spacial score (nSPS) is 27.6. The molecule has 4 heteroatoms. The number of nitrogens with one attached hydrogen (secondary N) is 1. The van der Waals surface area contributed by atoms with Crippen molar-refractivity contribution in [1.29, 1.82) is 0 Å². The predicted molar refractivity (Wildman–Crippen MR) is 81.9 cm³/mol. The molecule has 20 heavy (non-hydrogen) atoms. The van der Waals surface area contributed by atoms with Crippen LogP contribution in [-0.4, -0.2) is 41.1 Å². The first-order valence-electron chi connectivity index (χ1n) is 8.18. The molecule has 112 valence electrons. The number of hydrogen-bond acceptors (Lipinski definition) is 3. The largest absolute Gasteiger partial charge is 0.328 e. The minimum atomic E-state index is 0.655. The van der Waals surface area contributed by atoms with Crippen molar-refractivity contribution in [3.8, 4) is 0 Å². The molecule has 2 unspecified atom stereocenters. The number of aryl methyl sites for hydroxylation is 1. The number of fused-ring (bicyclic) bond motifs is 1. The SMILES string of the molecule is CCCc1nc2c(n1C1CCN(C)CC1C)CCNC2. The summed E-state index contributed by atoms with van der Waals surface area (Å²) in [5.41, 5.74) is 2.83. The fraction of sp³-hybridized carbons (Fsp3) is 0.812. The molecule has 1 N–H and O–H groups in total. The molecule has 1 saturated heterocycles. The molecule has 0 saturated carbocycles. The lowest BCUT2D eigenvalue weighted by Gasteiger charge is -2.37. The van der Waals surface area contributed by atoms with E-state index in [1.165, 1.54) is 43.1 Å². The van der Waals surface area contributed by atoms with Gasteiger partial charge in [-0.2, -0.15) is 0 Å². The van der Waals surface area contributed by atoms with E-state index >= 15 is 0 Å². The number of rotatable bonds is 3. The lowest BCUT2D eigenvalue weighted by molar-refractivity contribution is 0.154. The third kappa shape index (κ3) is 2.51. The van der Waals surface area contributed by atoms with Crippen molar-refractivity contribution >= 4 is 0 Å². The molecule has 0 aliphatic carbocycles. The molecule has 0 amide bonds. The maximum absolute atomic E-state index is 4.96. The second-order valence-electron chi connectivity index (χ2n) is 6.56. The molecule has 1 fully saturated rings. The lowest BCUT2D eigenvalue weighted by atomic mass is 9.93. The Bertz CT molecular complexity index is 465. The van der Waals surface area contributed by atoms with Crippen molar-refractivity contribution < 1.29 is 0 Å². The summed E-state index contributed by atoms with van der Waals surface area (Å²) in [5.74, 6) is 2.06. The smallest absolute Gasteiger partial charge is 0.109 e. The summed E-state index contributed by atoms with van der Waals surface area (Å²) < 4.78 is 2.64. The maximum Gasteiger partial charge on any atom is 0.109 e. The van der Waals surface area contributed by atoms with E-state index in [0.29, 0.717) is 6.04 Å². The minimum absolute atomic E-state index is 0.655. The average molecular weight is 276 g/mol. The Morgan fingerprint density at radius 1 is 1.40 bits per heavy atom. The molecular formula is C16H28N4. The first-order valence-corrected chi connectivity index (χ1v) is 8.18. The zero-order chi connectivity index (χ0) is 14.1. The Hall–Kier alpha value is -0.870. The minimum Gasteiger partial charge on any atom is -0.328 e. The van der Waals surface area contributed by atoms with Gasteiger partial charge in [0.05, 0.1) is 5.69 Å². The zero-order valence-corrected chi connectivity index (χ0v) is 13.2. The third-order valence-corrected chi connectivity index (χ3v) is 4.87. The van der Waals surface area contributed by atoms with E-state index in [-0.39, 0.29) is 0 Å². The van der Waals surface area contributed by atoms with Gasteiger partial charge in [-0.15, -0.1) is 0 Å². The van der Waals surface area contributed by atoms with Crippen LogP contribution in [0, 0.1) is 5.92 Å². The van der Waals surface area contributed by atoms with Gasteiger partial charge in [0, 0.05) is 44.2 Å². The molecule has 3 rings (SSSR count). The van der Waals surface area contributed by atoms with Crippen molar-refractivity contribution in [2.45, 2.75) is 52.1 Å². The number of likely N-dealkylation sites (tertiary alicyclic amines) is 1. The Labute approximate surface area is 122 Å². The summed E-state index contributed by atoms with van der Waals surface area (Å²) >= 11 is 0. The standard InChI is InChI=1S/C16H28N4/c1-4-5-16-18-13-10-17-8-6-15(13)20(16)14-7-9-19(3)11-12(14)2/h12,14,17H,4-11H2,1-3H3. The van der Waals surface area contributed by atoms with Crippen molar-refractivity contribution in [3.05, 3.63) is 17.2 Å². The van der Waals surface area contributed by atoms with Crippen LogP contribution >= 0.6 is 0 Å². The number of imidazole rings is 1. The second kappa shape index (κ2) is 5.86. The molecule has 0 aromatic carbocycles. The Kier molecular flexibility index (Phi) is 4.13. The summed E-state index contributed by atoms with van der Waals surface area (Å²) in [4.78, 5) is 7.42. The molecule has 0 bridgehead atoms. The molecule has 0 radical (unpaired) electrons. The van der Waals surface area contributed by atoms with E-state index in [1.807, 2.05) is 0 Å². The highest BCUT2D eigenvalue weighted by molar-refractivity contribution is 5.22. The predicted octanol–water partition coefficient (Wildman–Crippen LogP) is 1.99. The molecule has 1 aromatic rings. The quantitative estimate of drug-likeness (QED) is 0.916. The lowest BCUT2D eigenvalue weighted by Crippen LogP contribution is -2.39. The van der Waals surface area contributed by atoms with Crippen LogP contribution in [0.3, 0.4) is 0 Å². The first kappa shape index (κ1) is 14.1. The van der Waals surface area contributed by atoms with Crippen LogP contribution in [0.5, 0.6) is 0 Å². The van der Waals surface area contributed by atoms with Crippen molar-refractivity contribution in [1.82, 2.24) is 19.8 Å². The van der Waals surface area contributed by atoms with Gasteiger partial charge in [0.15, 0.2) is 0 Å². The van der Waals surface area contributed by atoms with Gasteiger partial charge in [0.2, 0.25) is 0 Å². The second-order valence-corrected chi connectivity index (χ2v) is 6.56. The van der Waals surface area contributed by atoms with Gasteiger partial charge >= 0.3 is 0 Å². The molecular weight excluding hydrogens is 248 g/mol. The van der Waals surface area contributed by atoms with Gasteiger partial charge < -0.3 is 14.8 Å². The Morgan fingerprint density at radius 2 is 2.25 bits per heavy atom. The molecule has 4 nitrogen and oxygen atoms in total. The van der Waals surface area contributed by atoms with E-state index in [9.17, 15) is 0 Å². The van der Waals surface area contributed by atoms with Crippen molar-refractivity contribution in [3.63, 3.8) is 0 Å². The monoisotopic (exact) mass is 276 g/mol. The highest BCUT2D eigenvalue weighted by Crippen LogP contribution is 2.32. The van der Waals surface area contributed by atoms with Gasteiger partial charge in [-0.3, -0.25) is 0 Å². The first-order chi connectivity index (χ1) is 9.70. The number of aromatic nitrogens is 2. The van der Waals surface area contributed by atoms with Crippen LogP contribution in [-0.2, 0) is 19.4 Å². The van der Waals surface area contributed by atoms with Crippen LogP contribution in [0.15, 0.2) is 0 Å².